The number of benzene rings is 1. The van der Waals surface area contributed by atoms with Crippen molar-refractivity contribution >= 4 is 18.0 Å². The Hall–Kier alpha value is -2.37. The molecule has 1 aromatic rings. The van der Waals surface area contributed by atoms with E-state index >= 15 is 0 Å². The van der Waals surface area contributed by atoms with Crippen LogP contribution in [0, 0.1) is 0 Å². The molecule has 3 N–H and O–H groups in total. The van der Waals surface area contributed by atoms with E-state index in [1.54, 1.807) is 0 Å². The molecule has 0 heterocycles. The summed E-state index contributed by atoms with van der Waals surface area (Å²) < 4.78 is 5.67. The van der Waals surface area contributed by atoms with E-state index in [2.05, 4.69) is 12.0 Å². The summed E-state index contributed by atoms with van der Waals surface area (Å²) in [6.07, 6.45) is 8.83. The summed E-state index contributed by atoms with van der Waals surface area (Å²) in [5.74, 6) is -1.21. The van der Waals surface area contributed by atoms with E-state index in [1.807, 2.05) is 29.7 Å². The van der Waals surface area contributed by atoms with Crippen LogP contribution in [0.4, 0.5) is 0 Å². The summed E-state index contributed by atoms with van der Waals surface area (Å²) in [6.45, 7) is 2.93. The SMILES string of the molecule is CCCCCCCCOc1ccc(C=NNC(=O)C(N)=O)cc1. The van der Waals surface area contributed by atoms with E-state index in [0.29, 0.717) is 6.61 Å². The van der Waals surface area contributed by atoms with Gasteiger partial charge in [0.2, 0.25) is 0 Å². The van der Waals surface area contributed by atoms with Crippen molar-refractivity contribution in [3.05, 3.63) is 29.8 Å². The van der Waals surface area contributed by atoms with E-state index in [-0.39, 0.29) is 0 Å². The lowest BCUT2D eigenvalue weighted by molar-refractivity contribution is -0.137. The maximum Gasteiger partial charge on any atom is 0.329 e. The number of unbranched alkanes of at least 4 members (excludes halogenated alkanes) is 5. The number of primary amides is 1. The van der Waals surface area contributed by atoms with Gasteiger partial charge in [-0.25, -0.2) is 5.43 Å². The van der Waals surface area contributed by atoms with Crippen LogP contribution in [0.2, 0.25) is 0 Å². The zero-order chi connectivity index (χ0) is 16.9. The second-order valence-corrected chi connectivity index (χ2v) is 5.25. The number of carbonyl (C=O) groups excluding carboxylic acids is 2. The highest BCUT2D eigenvalue weighted by Gasteiger charge is 2.05. The number of hydrogen-bond donors (Lipinski definition) is 2. The van der Waals surface area contributed by atoms with Crippen molar-refractivity contribution < 1.29 is 14.3 Å². The van der Waals surface area contributed by atoms with Crippen molar-refractivity contribution in [1.29, 1.82) is 0 Å². The quantitative estimate of drug-likeness (QED) is 0.300. The monoisotopic (exact) mass is 319 g/mol. The van der Waals surface area contributed by atoms with Crippen molar-refractivity contribution in [3.8, 4) is 5.75 Å². The molecule has 0 saturated heterocycles. The predicted octanol–water partition coefficient (Wildman–Crippen LogP) is 2.36. The number of ether oxygens (including phenoxy) is 1. The molecule has 2 amide bonds. The fourth-order valence-corrected chi connectivity index (χ4v) is 1.94. The van der Waals surface area contributed by atoms with E-state index in [1.165, 1.54) is 38.3 Å². The van der Waals surface area contributed by atoms with Gasteiger partial charge in [-0.15, -0.1) is 0 Å². The average Bonchev–Trinajstić information content (AvgIpc) is 2.55. The summed E-state index contributed by atoms with van der Waals surface area (Å²) in [4.78, 5) is 21.4. The maximum atomic E-state index is 10.9. The minimum Gasteiger partial charge on any atom is -0.494 e. The highest BCUT2D eigenvalue weighted by molar-refractivity contribution is 6.34. The lowest BCUT2D eigenvalue weighted by atomic mass is 10.1. The minimum absolute atomic E-state index is 0.716. The molecule has 0 unspecified atom stereocenters. The summed E-state index contributed by atoms with van der Waals surface area (Å²) in [5, 5.41) is 3.64. The van der Waals surface area contributed by atoms with Crippen LogP contribution in [0.5, 0.6) is 5.75 Å². The molecule has 1 aromatic carbocycles. The van der Waals surface area contributed by atoms with Crippen molar-refractivity contribution in [3.63, 3.8) is 0 Å². The highest BCUT2D eigenvalue weighted by atomic mass is 16.5. The second kappa shape index (κ2) is 11.2. The Kier molecular flexibility index (Phi) is 9.12. The molecule has 0 radical (unpaired) electrons. The molecular formula is C17H25N3O3. The molecule has 6 nitrogen and oxygen atoms in total. The molecule has 6 heteroatoms. The minimum atomic E-state index is -1.07. The van der Waals surface area contributed by atoms with Gasteiger partial charge in [0.1, 0.15) is 5.75 Å². The standard InChI is InChI=1S/C17H25N3O3/c1-2-3-4-5-6-7-12-23-15-10-8-14(9-11-15)13-19-20-17(22)16(18)21/h8-11,13H,2-7,12H2,1H3,(H2,18,21)(H,20,22). The number of nitrogens with zero attached hydrogens (tertiary/aromatic N) is 1. The first-order chi connectivity index (χ1) is 11.1. The van der Waals surface area contributed by atoms with Crippen LogP contribution in [0.3, 0.4) is 0 Å². The maximum absolute atomic E-state index is 10.9. The molecule has 1 rings (SSSR count). The van der Waals surface area contributed by atoms with Gasteiger partial charge in [-0.3, -0.25) is 9.59 Å². The summed E-state index contributed by atoms with van der Waals surface area (Å²) in [7, 11) is 0. The van der Waals surface area contributed by atoms with Crippen LogP contribution in [-0.2, 0) is 9.59 Å². The van der Waals surface area contributed by atoms with Gasteiger partial charge in [-0.05, 0) is 36.2 Å². The van der Waals surface area contributed by atoms with E-state index in [0.717, 1.165) is 17.7 Å². The normalized spacial score (nSPS) is 10.7. The first-order valence-electron chi connectivity index (χ1n) is 7.99. The van der Waals surface area contributed by atoms with Gasteiger partial charge in [-0.1, -0.05) is 39.0 Å². The van der Waals surface area contributed by atoms with Crippen molar-refractivity contribution in [2.24, 2.45) is 10.8 Å². The van der Waals surface area contributed by atoms with Gasteiger partial charge < -0.3 is 10.5 Å². The second-order valence-electron chi connectivity index (χ2n) is 5.25. The number of hydrogen-bond acceptors (Lipinski definition) is 4. The van der Waals surface area contributed by atoms with Crippen LogP contribution in [0.1, 0.15) is 51.0 Å². The third-order valence-electron chi connectivity index (χ3n) is 3.25. The molecule has 0 bridgehead atoms. The zero-order valence-corrected chi connectivity index (χ0v) is 13.6. The number of nitrogens with two attached hydrogens (primary N) is 1. The summed E-state index contributed by atoms with van der Waals surface area (Å²) >= 11 is 0. The summed E-state index contributed by atoms with van der Waals surface area (Å²) in [5.41, 5.74) is 7.60. The van der Waals surface area contributed by atoms with Crippen molar-refractivity contribution in [1.82, 2.24) is 5.43 Å². The smallest absolute Gasteiger partial charge is 0.329 e. The number of rotatable bonds is 10. The number of amides is 2. The molecule has 0 aromatic heterocycles. The zero-order valence-electron chi connectivity index (χ0n) is 13.6. The van der Waals surface area contributed by atoms with Crippen LogP contribution >= 0.6 is 0 Å². The number of carbonyl (C=O) groups is 2. The Morgan fingerprint density at radius 1 is 1.13 bits per heavy atom. The average molecular weight is 319 g/mol. The largest absolute Gasteiger partial charge is 0.494 e. The first-order valence-corrected chi connectivity index (χ1v) is 7.99. The van der Waals surface area contributed by atoms with Gasteiger partial charge in [0, 0.05) is 0 Å². The number of hydrazone groups is 1. The number of nitrogens with one attached hydrogen (secondary N) is 1. The van der Waals surface area contributed by atoms with Crippen LogP contribution in [0.15, 0.2) is 29.4 Å². The molecule has 0 spiro atoms. The molecule has 126 valence electrons. The van der Waals surface area contributed by atoms with Crippen LogP contribution in [-0.4, -0.2) is 24.6 Å². The third kappa shape index (κ3) is 8.60. The highest BCUT2D eigenvalue weighted by Crippen LogP contribution is 2.12. The van der Waals surface area contributed by atoms with Gasteiger partial charge in [0.05, 0.1) is 12.8 Å². The van der Waals surface area contributed by atoms with Crippen LogP contribution < -0.4 is 15.9 Å². The van der Waals surface area contributed by atoms with Gasteiger partial charge in [-0.2, -0.15) is 5.10 Å². The van der Waals surface area contributed by atoms with E-state index in [9.17, 15) is 9.59 Å². The topological polar surface area (TPSA) is 93.8 Å². The lowest BCUT2D eigenvalue weighted by Gasteiger charge is -2.06. The Morgan fingerprint density at radius 2 is 1.78 bits per heavy atom. The third-order valence-corrected chi connectivity index (χ3v) is 3.25. The molecule has 0 fully saturated rings. The Balaban J connectivity index is 2.24. The Morgan fingerprint density at radius 3 is 2.43 bits per heavy atom. The predicted molar refractivity (Wildman–Crippen MR) is 90.2 cm³/mol. The first kappa shape index (κ1) is 18.7. The molecule has 23 heavy (non-hydrogen) atoms. The fourth-order valence-electron chi connectivity index (χ4n) is 1.94. The molecular weight excluding hydrogens is 294 g/mol. The van der Waals surface area contributed by atoms with Crippen molar-refractivity contribution in [2.75, 3.05) is 6.61 Å². The summed E-state index contributed by atoms with van der Waals surface area (Å²) in [6, 6.07) is 7.32. The van der Waals surface area contributed by atoms with Gasteiger partial charge >= 0.3 is 11.8 Å². The van der Waals surface area contributed by atoms with Crippen LogP contribution in [0.25, 0.3) is 0 Å². The Bertz CT molecular complexity index is 512. The molecule has 0 saturated carbocycles. The van der Waals surface area contributed by atoms with E-state index in [4.69, 9.17) is 10.5 Å². The van der Waals surface area contributed by atoms with Gasteiger partial charge in [0.25, 0.3) is 0 Å². The molecule has 0 aliphatic heterocycles. The van der Waals surface area contributed by atoms with Gasteiger partial charge in [0.15, 0.2) is 0 Å². The molecule has 0 atom stereocenters. The van der Waals surface area contributed by atoms with E-state index < -0.39 is 11.8 Å². The van der Waals surface area contributed by atoms with Crippen molar-refractivity contribution in [2.45, 2.75) is 45.4 Å². The fraction of sp³-hybridized carbons (Fsp3) is 0.471. The Labute approximate surface area is 137 Å². The lowest BCUT2D eigenvalue weighted by Crippen LogP contribution is -2.32. The molecule has 0 aliphatic rings. The molecule has 0 aliphatic carbocycles.